The van der Waals surface area contributed by atoms with E-state index in [0.717, 1.165) is 14.8 Å². The molecular formula is C18H16ClIN4OS. The van der Waals surface area contributed by atoms with Gasteiger partial charge in [-0.1, -0.05) is 35.5 Å². The summed E-state index contributed by atoms with van der Waals surface area (Å²) in [5.41, 5.74) is 1.61. The number of carbonyl (C=O) groups is 1. The molecule has 0 unspecified atom stereocenters. The molecular weight excluding hydrogens is 483 g/mol. The summed E-state index contributed by atoms with van der Waals surface area (Å²) in [4.78, 5) is 12.2. The molecule has 0 atom stereocenters. The van der Waals surface area contributed by atoms with Crippen LogP contribution in [0.3, 0.4) is 0 Å². The lowest BCUT2D eigenvalue weighted by Crippen LogP contribution is -2.14. The van der Waals surface area contributed by atoms with Crippen LogP contribution in [0.15, 0.2) is 53.7 Å². The lowest BCUT2D eigenvalue weighted by atomic mass is 10.2. The van der Waals surface area contributed by atoms with Gasteiger partial charge in [-0.3, -0.25) is 4.79 Å². The average Bonchev–Trinajstić information content (AvgIpc) is 3.05. The Morgan fingerprint density at radius 2 is 1.92 bits per heavy atom. The van der Waals surface area contributed by atoms with Crippen molar-refractivity contribution < 1.29 is 4.79 Å². The number of anilines is 1. The molecule has 0 radical (unpaired) electrons. The second kappa shape index (κ2) is 8.88. The number of hydrogen-bond acceptors (Lipinski definition) is 4. The molecule has 0 aliphatic rings. The van der Waals surface area contributed by atoms with Crippen molar-refractivity contribution in [1.29, 1.82) is 0 Å². The van der Waals surface area contributed by atoms with Crippen LogP contribution in [-0.2, 0) is 11.3 Å². The number of nitrogens with zero attached hydrogens (tertiary/aromatic N) is 3. The van der Waals surface area contributed by atoms with Crippen molar-refractivity contribution in [3.05, 3.63) is 57.1 Å². The Kier molecular flexibility index (Phi) is 6.55. The van der Waals surface area contributed by atoms with Gasteiger partial charge in [-0.2, -0.15) is 0 Å². The maximum absolute atomic E-state index is 12.2. The van der Waals surface area contributed by atoms with Crippen molar-refractivity contribution in [2.24, 2.45) is 0 Å². The summed E-state index contributed by atoms with van der Waals surface area (Å²) in [6.45, 7) is 2.70. The first-order chi connectivity index (χ1) is 12.6. The maximum atomic E-state index is 12.2. The molecule has 0 saturated carbocycles. The molecule has 8 heteroatoms. The third kappa shape index (κ3) is 4.57. The number of carbonyl (C=O) groups excluding carboxylic acids is 1. The van der Waals surface area contributed by atoms with E-state index in [0.29, 0.717) is 22.5 Å². The molecule has 0 spiro atoms. The van der Waals surface area contributed by atoms with Crippen LogP contribution in [0.5, 0.6) is 0 Å². The summed E-state index contributed by atoms with van der Waals surface area (Å²) in [5, 5.41) is 12.7. The van der Waals surface area contributed by atoms with E-state index in [9.17, 15) is 4.79 Å². The second-order valence-electron chi connectivity index (χ2n) is 5.37. The van der Waals surface area contributed by atoms with Crippen molar-refractivity contribution in [3.63, 3.8) is 0 Å². The van der Waals surface area contributed by atoms with E-state index < -0.39 is 0 Å². The van der Waals surface area contributed by atoms with Gasteiger partial charge < -0.3 is 9.88 Å². The number of thioether (sulfide) groups is 1. The number of hydrogen-bond donors (Lipinski definition) is 1. The van der Waals surface area contributed by atoms with E-state index in [2.05, 4.69) is 38.1 Å². The minimum atomic E-state index is -0.0823. The van der Waals surface area contributed by atoms with Gasteiger partial charge in [0.05, 0.1) is 10.8 Å². The monoisotopic (exact) mass is 498 g/mol. The molecule has 1 aromatic heterocycles. The van der Waals surface area contributed by atoms with Gasteiger partial charge in [0.25, 0.3) is 0 Å². The molecule has 3 aromatic rings. The highest BCUT2D eigenvalue weighted by molar-refractivity contribution is 14.1. The van der Waals surface area contributed by atoms with Gasteiger partial charge in [-0.15, -0.1) is 10.2 Å². The van der Waals surface area contributed by atoms with E-state index in [1.54, 1.807) is 0 Å². The Labute approximate surface area is 174 Å². The number of benzene rings is 2. The smallest absolute Gasteiger partial charge is 0.234 e. The fourth-order valence-electron chi connectivity index (χ4n) is 2.38. The van der Waals surface area contributed by atoms with Crippen molar-refractivity contribution in [3.8, 4) is 11.4 Å². The molecule has 3 rings (SSSR count). The summed E-state index contributed by atoms with van der Waals surface area (Å²) in [7, 11) is 0. The first-order valence-corrected chi connectivity index (χ1v) is 10.4. The molecule has 0 aliphatic carbocycles. The van der Waals surface area contributed by atoms with Crippen molar-refractivity contribution >= 4 is 57.5 Å². The Morgan fingerprint density at radius 3 is 2.62 bits per heavy atom. The molecule has 1 amide bonds. The Balaban J connectivity index is 1.69. The van der Waals surface area contributed by atoms with E-state index in [1.165, 1.54) is 11.8 Å². The Morgan fingerprint density at radius 1 is 1.19 bits per heavy atom. The van der Waals surface area contributed by atoms with Gasteiger partial charge in [0, 0.05) is 21.4 Å². The summed E-state index contributed by atoms with van der Waals surface area (Å²) >= 11 is 9.86. The van der Waals surface area contributed by atoms with E-state index in [4.69, 9.17) is 11.6 Å². The molecule has 26 heavy (non-hydrogen) atoms. The molecule has 0 saturated heterocycles. The van der Waals surface area contributed by atoms with Crippen LogP contribution in [0.1, 0.15) is 6.92 Å². The van der Waals surface area contributed by atoms with Gasteiger partial charge >= 0.3 is 0 Å². The van der Waals surface area contributed by atoms with Gasteiger partial charge in [-0.05, 0) is 65.9 Å². The Hall–Kier alpha value is -1.58. The lowest BCUT2D eigenvalue weighted by Gasteiger charge is -2.09. The fourth-order valence-corrected chi connectivity index (χ4v) is 3.76. The first-order valence-electron chi connectivity index (χ1n) is 7.94. The molecule has 2 aromatic carbocycles. The van der Waals surface area contributed by atoms with Gasteiger partial charge in [0.2, 0.25) is 5.91 Å². The average molecular weight is 499 g/mol. The molecule has 1 heterocycles. The van der Waals surface area contributed by atoms with Crippen LogP contribution >= 0.6 is 46.0 Å². The predicted molar refractivity (Wildman–Crippen MR) is 115 cm³/mol. The summed E-state index contributed by atoms with van der Waals surface area (Å²) in [6.07, 6.45) is 0. The summed E-state index contributed by atoms with van der Waals surface area (Å²) in [6, 6.07) is 15.2. The van der Waals surface area contributed by atoms with Gasteiger partial charge in [0.1, 0.15) is 0 Å². The quantitative estimate of drug-likeness (QED) is 0.386. The third-order valence-corrected chi connectivity index (χ3v) is 5.62. The van der Waals surface area contributed by atoms with E-state index in [-0.39, 0.29) is 11.7 Å². The van der Waals surface area contributed by atoms with Crippen LogP contribution in [0.4, 0.5) is 5.69 Å². The molecule has 0 aliphatic heterocycles. The second-order valence-corrected chi connectivity index (χ2v) is 7.97. The van der Waals surface area contributed by atoms with Gasteiger partial charge in [0.15, 0.2) is 11.0 Å². The highest BCUT2D eigenvalue weighted by Crippen LogP contribution is 2.29. The number of aromatic nitrogens is 3. The number of amides is 1. The molecule has 134 valence electrons. The number of halogens is 2. The predicted octanol–water partition coefficient (Wildman–Crippen LogP) is 4.95. The number of nitrogens with one attached hydrogen (secondary N) is 1. The third-order valence-electron chi connectivity index (χ3n) is 3.61. The van der Waals surface area contributed by atoms with E-state index in [1.807, 2.05) is 60.0 Å². The zero-order chi connectivity index (χ0) is 18.5. The SMILES string of the molecule is CCn1c(SCC(=O)Nc2ccc(I)cc2)nnc1-c1ccccc1Cl. The Bertz CT molecular complexity index is 914. The standard InChI is InChI=1S/C18H16ClIN4OS/c1-2-24-17(14-5-3-4-6-15(14)19)22-23-18(24)26-11-16(25)21-13-9-7-12(20)8-10-13/h3-10H,2,11H2,1H3,(H,21,25). The van der Waals surface area contributed by atoms with Crippen LogP contribution < -0.4 is 5.32 Å². The lowest BCUT2D eigenvalue weighted by molar-refractivity contribution is -0.113. The van der Waals surface area contributed by atoms with Gasteiger partial charge in [-0.25, -0.2) is 0 Å². The minimum absolute atomic E-state index is 0.0823. The first kappa shape index (κ1) is 19.2. The maximum Gasteiger partial charge on any atom is 0.234 e. The summed E-state index contributed by atoms with van der Waals surface area (Å²) < 4.78 is 3.09. The zero-order valence-electron chi connectivity index (χ0n) is 13.9. The molecule has 0 fully saturated rings. The topological polar surface area (TPSA) is 59.8 Å². The fraction of sp³-hybridized carbons (Fsp3) is 0.167. The zero-order valence-corrected chi connectivity index (χ0v) is 17.7. The minimum Gasteiger partial charge on any atom is -0.325 e. The van der Waals surface area contributed by atoms with E-state index >= 15 is 0 Å². The normalized spacial score (nSPS) is 10.7. The van der Waals surface area contributed by atoms with Crippen molar-refractivity contribution in [2.75, 3.05) is 11.1 Å². The van der Waals surface area contributed by atoms with Crippen LogP contribution in [0, 0.1) is 3.57 Å². The highest BCUT2D eigenvalue weighted by atomic mass is 127. The number of rotatable bonds is 6. The van der Waals surface area contributed by atoms with Crippen molar-refractivity contribution in [1.82, 2.24) is 14.8 Å². The largest absolute Gasteiger partial charge is 0.325 e. The molecule has 5 nitrogen and oxygen atoms in total. The highest BCUT2D eigenvalue weighted by Gasteiger charge is 2.16. The van der Waals surface area contributed by atoms with Crippen molar-refractivity contribution in [2.45, 2.75) is 18.6 Å². The summed E-state index contributed by atoms with van der Waals surface area (Å²) in [5.74, 6) is 0.881. The molecule has 0 bridgehead atoms. The van der Waals surface area contributed by atoms with Crippen LogP contribution in [0.2, 0.25) is 5.02 Å². The van der Waals surface area contributed by atoms with Crippen LogP contribution in [-0.4, -0.2) is 26.4 Å². The van der Waals surface area contributed by atoms with Crippen LogP contribution in [0.25, 0.3) is 11.4 Å². The molecule has 1 N–H and O–H groups in total.